The van der Waals surface area contributed by atoms with E-state index >= 15 is 0 Å². The second kappa shape index (κ2) is 7.11. The minimum absolute atomic E-state index is 0.00365. The van der Waals surface area contributed by atoms with Gasteiger partial charge in [-0.1, -0.05) is 0 Å². The molecule has 1 aliphatic heterocycles. The van der Waals surface area contributed by atoms with Crippen LogP contribution in [0.5, 0.6) is 0 Å². The van der Waals surface area contributed by atoms with Gasteiger partial charge in [-0.25, -0.2) is 4.79 Å². The number of hydrogen-bond donors (Lipinski definition) is 1. The van der Waals surface area contributed by atoms with Crippen LogP contribution in [0.4, 0.5) is 4.79 Å². The molecule has 0 radical (unpaired) electrons. The third kappa shape index (κ3) is 5.91. The number of carboxylic acid groups (broad SMARTS) is 1. The predicted octanol–water partition coefficient (Wildman–Crippen LogP) is 2.18. The molecule has 1 heterocycles. The molecule has 6 heteroatoms. The van der Waals surface area contributed by atoms with Crippen molar-refractivity contribution in [2.75, 3.05) is 19.6 Å². The number of carboxylic acids is 1. The highest BCUT2D eigenvalue weighted by Crippen LogP contribution is 2.22. The third-order valence-electron chi connectivity index (χ3n) is 3.52. The minimum atomic E-state index is -0.842. The number of amides is 1. The molecule has 0 unspecified atom stereocenters. The number of rotatable bonds is 5. The van der Waals surface area contributed by atoms with Gasteiger partial charge in [0.1, 0.15) is 5.60 Å². The summed E-state index contributed by atoms with van der Waals surface area (Å²) in [6.07, 6.45) is 1.52. The Morgan fingerprint density at radius 2 is 2.00 bits per heavy atom. The molecule has 1 atom stereocenters. The number of ether oxygens (including phenoxy) is 1. The maximum atomic E-state index is 12.2. The zero-order valence-electron chi connectivity index (χ0n) is 13.8. The van der Waals surface area contributed by atoms with E-state index in [-0.39, 0.29) is 24.7 Å². The van der Waals surface area contributed by atoms with Gasteiger partial charge in [-0.2, -0.15) is 0 Å². The molecule has 1 N–H and O–H groups in total. The van der Waals surface area contributed by atoms with Crippen molar-refractivity contribution in [3.05, 3.63) is 0 Å². The smallest absolute Gasteiger partial charge is 0.410 e. The molecule has 1 rings (SSSR count). The lowest BCUT2D eigenvalue weighted by Gasteiger charge is -2.33. The first-order valence-corrected chi connectivity index (χ1v) is 7.55. The van der Waals surface area contributed by atoms with Gasteiger partial charge in [-0.05, 0) is 47.5 Å². The Hall–Kier alpha value is -1.30. The minimum Gasteiger partial charge on any atom is -0.480 e. The van der Waals surface area contributed by atoms with Gasteiger partial charge in [0.2, 0.25) is 0 Å². The zero-order valence-corrected chi connectivity index (χ0v) is 13.8. The third-order valence-corrected chi connectivity index (χ3v) is 3.52. The summed E-state index contributed by atoms with van der Waals surface area (Å²) in [5, 5.41) is 8.99. The van der Waals surface area contributed by atoms with Crippen molar-refractivity contribution in [3.8, 4) is 0 Å². The monoisotopic (exact) mass is 300 g/mol. The van der Waals surface area contributed by atoms with E-state index < -0.39 is 11.6 Å². The first-order valence-electron chi connectivity index (χ1n) is 7.55. The van der Waals surface area contributed by atoms with Gasteiger partial charge >= 0.3 is 12.1 Å². The van der Waals surface area contributed by atoms with Crippen molar-refractivity contribution in [2.24, 2.45) is 0 Å². The first-order chi connectivity index (χ1) is 9.60. The summed E-state index contributed by atoms with van der Waals surface area (Å²) >= 11 is 0. The molecule has 0 spiro atoms. The molecule has 1 aliphatic rings. The van der Waals surface area contributed by atoms with Crippen LogP contribution in [0.2, 0.25) is 0 Å². The van der Waals surface area contributed by atoms with Crippen LogP contribution in [-0.4, -0.2) is 64.3 Å². The second-order valence-corrected chi connectivity index (χ2v) is 6.89. The van der Waals surface area contributed by atoms with Crippen molar-refractivity contribution in [3.63, 3.8) is 0 Å². The van der Waals surface area contributed by atoms with Crippen molar-refractivity contribution in [1.82, 2.24) is 9.80 Å². The van der Waals surface area contributed by atoms with Crippen LogP contribution < -0.4 is 0 Å². The van der Waals surface area contributed by atoms with Gasteiger partial charge in [0.25, 0.3) is 0 Å². The lowest BCUT2D eigenvalue weighted by atomic mass is 10.2. The summed E-state index contributed by atoms with van der Waals surface area (Å²) in [6.45, 7) is 10.7. The number of carbonyl (C=O) groups is 2. The molecule has 1 saturated heterocycles. The molecule has 0 aromatic rings. The van der Waals surface area contributed by atoms with Crippen LogP contribution in [0.25, 0.3) is 0 Å². The SMILES string of the molecule is CC(C)N(CC(=O)O)C[C@@H]1CCCN1C(=O)OC(C)(C)C. The van der Waals surface area contributed by atoms with E-state index in [1.807, 2.05) is 39.5 Å². The average molecular weight is 300 g/mol. The fraction of sp³-hybridized carbons (Fsp3) is 0.867. The van der Waals surface area contributed by atoms with Crippen LogP contribution >= 0.6 is 0 Å². The van der Waals surface area contributed by atoms with Gasteiger partial charge in [-0.15, -0.1) is 0 Å². The summed E-state index contributed by atoms with van der Waals surface area (Å²) in [5.41, 5.74) is -0.511. The van der Waals surface area contributed by atoms with E-state index in [1.165, 1.54) is 0 Å². The summed E-state index contributed by atoms with van der Waals surface area (Å²) in [7, 11) is 0. The van der Waals surface area contributed by atoms with Gasteiger partial charge in [0.05, 0.1) is 6.54 Å². The van der Waals surface area contributed by atoms with E-state index in [0.717, 1.165) is 12.8 Å². The Balaban J connectivity index is 2.67. The Labute approximate surface area is 127 Å². The van der Waals surface area contributed by atoms with Crippen LogP contribution in [0.3, 0.4) is 0 Å². The van der Waals surface area contributed by atoms with E-state index in [0.29, 0.717) is 13.1 Å². The number of aliphatic carboxylic acids is 1. The Morgan fingerprint density at radius 1 is 1.38 bits per heavy atom. The van der Waals surface area contributed by atoms with Crippen molar-refractivity contribution >= 4 is 12.1 Å². The number of carbonyl (C=O) groups excluding carboxylic acids is 1. The maximum Gasteiger partial charge on any atom is 0.410 e. The standard InChI is InChI=1S/C15H28N2O4/c1-11(2)16(10-13(18)19)9-12-7-6-8-17(12)14(20)21-15(3,4)5/h11-12H,6-10H2,1-5H3,(H,18,19)/t12-/m0/s1. The van der Waals surface area contributed by atoms with E-state index in [9.17, 15) is 9.59 Å². The lowest BCUT2D eigenvalue weighted by Crippen LogP contribution is -2.48. The maximum absolute atomic E-state index is 12.2. The molecule has 0 bridgehead atoms. The number of likely N-dealkylation sites (tertiary alicyclic amines) is 1. The molecule has 122 valence electrons. The molecule has 21 heavy (non-hydrogen) atoms. The molecule has 0 aliphatic carbocycles. The van der Waals surface area contributed by atoms with Crippen molar-refractivity contribution in [1.29, 1.82) is 0 Å². The molecular formula is C15H28N2O4. The molecule has 0 saturated carbocycles. The number of nitrogens with zero attached hydrogens (tertiary/aromatic N) is 2. The van der Waals surface area contributed by atoms with Crippen molar-refractivity contribution in [2.45, 2.75) is 65.1 Å². The van der Waals surface area contributed by atoms with E-state index in [1.54, 1.807) is 4.90 Å². The zero-order chi connectivity index (χ0) is 16.2. The summed E-state index contributed by atoms with van der Waals surface area (Å²) < 4.78 is 5.43. The molecule has 1 amide bonds. The van der Waals surface area contributed by atoms with Crippen molar-refractivity contribution < 1.29 is 19.4 Å². The normalized spacial score (nSPS) is 19.4. The van der Waals surface area contributed by atoms with Crippen LogP contribution in [0, 0.1) is 0 Å². The highest BCUT2D eigenvalue weighted by atomic mass is 16.6. The number of hydrogen-bond acceptors (Lipinski definition) is 4. The van der Waals surface area contributed by atoms with Gasteiger partial charge in [0.15, 0.2) is 0 Å². The highest BCUT2D eigenvalue weighted by Gasteiger charge is 2.33. The molecule has 6 nitrogen and oxygen atoms in total. The highest BCUT2D eigenvalue weighted by molar-refractivity contribution is 5.69. The average Bonchev–Trinajstić information content (AvgIpc) is 2.73. The van der Waals surface area contributed by atoms with Gasteiger partial charge in [-0.3, -0.25) is 9.69 Å². The summed E-state index contributed by atoms with van der Waals surface area (Å²) in [6, 6.07) is 0.156. The second-order valence-electron chi connectivity index (χ2n) is 6.89. The Bertz CT molecular complexity index is 376. The van der Waals surface area contributed by atoms with Gasteiger partial charge in [0, 0.05) is 25.2 Å². The van der Waals surface area contributed by atoms with Crippen LogP contribution in [0.15, 0.2) is 0 Å². The fourth-order valence-corrected chi connectivity index (χ4v) is 2.49. The summed E-state index contributed by atoms with van der Waals surface area (Å²) in [4.78, 5) is 26.8. The molecule has 0 aromatic heterocycles. The fourth-order valence-electron chi connectivity index (χ4n) is 2.49. The Morgan fingerprint density at radius 3 is 2.48 bits per heavy atom. The Kier molecular flexibility index (Phi) is 6.01. The van der Waals surface area contributed by atoms with Crippen LogP contribution in [0.1, 0.15) is 47.5 Å². The van der Waals surface area contributed by atoms with E-state index in [4.69, 9.17) is 9.84 Å². The van der Waals surface area contributed by atoms with Gasteiger partial charge < -0.3 is 14.7 Å². The predicted molar refractivity (Wildman–Crippen MR) is 80.3 cm³/mol. The lowest BCUT2D eigenvalue weighted by molar-refractivity contribution is -0.138. The first kappa shape index (κ1) is 17.8. The largest absolute Gasteiger partial charge is 0.480 e. The molecule has 0 aromatic carbocycles. The molecule has 1 fully saturated rings. The quantitative estimate of drug-likeness (QED) is 0.842. The molecular weight excluding hydrogens is 272 g/mol. The summed E-state index contributed by atoms with van der Waals surface area (Å²) in [5.74, 6) is -0.842. The van der Waals surface area contributed by atoms with Crippen LogP contribution in [-0.2, 0) is 9.53 Å². The topological polar surface area (TPSA) is 70.1 Å². The van der Waals surface area contributed by atoms with E-state index in [2.05, 4.69) is 0 Å².